The quantitative estimate of drug-likeness (QED) is 0.330. The van der Waals surface area contributed by atoms with Crippen LogP contribution in [0.1, 0.15) is 84.0 Å². The Balaban J connectivity index is 1.46. The van der Waals surface area contributed by atoms with Gasteiger partial charge in [0.2, 0.25) is 0 Å². The zero-order valence-electron chi connectivity index (χ0n) is 12.9. The van der Waals surface area contributed by atoms with Crippen LogP contribution in [0, 0.1) is 17.8 Å². The average Bonchev–Trinajstić information content (AvgIpc) is 2.90. The number of nitrogens with one attached hydrogen (secondary N) is 1. The fourth-order valence-corrected chi connectivity index (χ4v) is 4.36. The molecular formula is C17H34N2. The van der Waals surface area contributed by atoms with Gasteiger partial charge in [-0.05, 0) is 37.0 Å². The molecule has 0 amide bonds. The van der Waals surface area contributed by atoms with Crippen LogP contribution >= 0.6 is 0 Å². The standard InChI is InChI=1S/C17H34N2/c1-2-3-4-5-6-7-8-9-13-16(19-18)17-14-11-10-12-15(14)17/h14-17,19H,2-13,18H2,1H3. The SMILES string of the molecule is CCCCCCCCCCC(NN)C1C2CCCC21. The summed E-state index contributed by atoms with van der Waals surface area (Å²) < 4.78 is 0. The van der Waals surface area contributed by atoms with E-state index < -0.39 is 0 Å². The Morgan fingerprint density at radius 3 is 2.11 bits per heavy atom. The van der Waals surface area contributed by atoms with Gasteiger partial charge in [-0.1, -0.05) is 64.7 Å². The van der Waals surface area contributed by atoms with Gasteiger partial charge in [-0.2, -0.15) is 0 Å². The van der Waals surface area contributed by atoms with Crippen molar-refractivity contribution in [1.29, 1.82) is 0 Å². The molecule has 0 spiro atoms. The molecule has 3 N–H and O–H groups in total. The molecular weight excluding hydrogens is 232 g/mol. The van der Waals surface area contributed by atoms with Crippen molar-refractivity contribution >= 4 is 0 Å². The van der Waals surface area contributed by atoms with Crippen LogP contribution in [-0.2, 0) is 0 Å². The molecule has 112 valence electrons. The summed E-state index contributed by atoms with van der Waals surface area (Å²) in [6.07, 6.45) is 17.0. The van der Waals surface area contributed by atoms with Crippen molar-refractivity contribution in [3.63, 3.8) is 0 Å². The fraction of sp³-hybridized carbons (Fsp3) is 1.00. The van der Waals surface area contributed by atoms with E-state index in [-0.39, 0.29) is 0 Å². The molecule has 2 nitrogen and oxygen atoms in total. The molecule has 3 atom stereocenters. The van der Waals surface area contributed by atoms with E-state index in [9.17, 15) is 0 Å². The molecule has 2 rings (SSSR count). The Kier molecular flexibility index (Phi) is 6.66. The van der Waals surface area contributed by atoms with Crippen molar-refractivity contribution in [2.45, 2.75) is 90.0 Å². The summed E-state index contributed by atoms with van der Waals surface area (Å²) in [6, 6.07) is 0.621. The number of hydrogen-bond acceptors (Lipinski definition) is 2. The van der Waals surface area contributed by atoms with Gasteiger partial charge in [0.25, 0.3) is 0 Å². The number of rotatable bonds is 11. The summed E-state index contributed by atoms with van der Waals surface area (Å²) in [5.41, 5.74) is 3.11. The van der Waals surface area contributed by atoms with Crippen molar-refractivity contribution < 1.29 is 0 Å². The van der Waals surface area contributed by atoms with E-state index in [4.69, 9.17) is 5.84 Å². The van der Waals surface area contributed by atoms with Crippen molar-refractivity contribution in [3.8, 4) is 0 Å². The first-order valence-electron chi connectivity index (χ1n) is 8.84. The number of hydrogen-bond donors (Lipinski definition) is 2. The number of nitrogens with two attached hydrogens (primary N) is 1. The van der Waals surface area contributed by atoms with Gasteiger partial charge in [0.05, 0.1) is 0 Å². The van der Waals surface area contributed by atoms with E-state index in [1.54, 1.807) is 0 Å². The van der Waals surface area contributed by atoms with Crippen molar-refractivity contribution in [2.24, 2.45) is 23.6 Å². The third-order valence-corrected chi connectivity index (χ3v) is 5.52. The maximum absolute atomic E-state index is 5.76. The average molecular weight is 266 g/mol. The lowest BCUT2D eigenvalue weighted by Crippen LogP contribution is -2.38. The fourth-order valence-electron chi connectivity index (χ4n) is 4.36. The second-order valence-electron chi connectivity index (χ2n) is 6.87. The predicted octanol–water partition coefficient (Wildman–Crippen LogP) is 4.40. The third kappa shape index (κ3) is 4.46. The van der Waals surface area contributed by atoms with Crippen LogP contribution in [0.15, 0.2) is 0 Å². The summed E-state index contributed by atoms with van der Waals surface area (Å²) in [5.74, 6) is 8.77. The second-order valence-corrected chi connectivity index (χ2v) is 6.87. The highest BCUT2D eigenvalue weighted by Crippen LogP contribution is 2.59. The van der Waals surface area contributed by atoms with Crippen molar-refractivity contribution in [1.82, 2.24) is 5.43 Å². The highest BCUT2D eigenvalue weighted by Gasteiger charge is 2.55. The smallest absolute Gasteiger partial charge is 0.0244 e. The summed E-state index contributed by atoms with van der Waals surface area (Å²) in [7, 11) is 0. The number of hydrazine groups is 1. The van der Waals surface area contributed by atoms with E-state index in [1.165, 1.54) is 77.0 Å². The Labute approximate surface area is 119 Å². The Hall–Kier alpha value is -0.0800. The molecule has 3 unspecified atom stereocenters. The van der Waals surface area contributed by atoms with Crippen molar-refractivity contribution in [3.05, 3.63) is 0 Å². The molecule has 2 aliphatic carbocycles. The number of unbranched alkanes of at least 4 members (excludes halogenated alkanes) is 7. The van der Waals surface area contributed by atoms with Crippen LogP contribution in [0.2, 0.25) is 0 Å². The van der Waals surface area contributed by atoms with E-state index in [0.717, 1.165) is 17.8 Å². The Bertz CT molecular complexity index is 231. The Morgan fingerprint density at radius 1 is 0.947 bits per heavy atom. The summed E-state index contributed by atoms with van der Waals surface area (Å²) in [6.45, 7) is 2.28. The topological polar surface area (TPSA) is 38.0 Å². The maximum atomic E-state index is 5.76. The summed E-state index contributed by atoms with van der Waals surface area (Å²) >= 11 is 0. The van der Waals surface area contributed by atoms with Crippen LogP contribution in [0.3, 0.4) is 0 Å². The van der Waals surface area contributed by atoms with Crippen LogP contribution in [0.25, 0.3) is 0 Å². The lowest BCUT2D eigenvalue weighted by molar-refractivity contribution is 0.377. The molecule has 2 aliphatic rings. The zero-order chi connectivity index (χ0) is 13.5. The first-order chi connectivity index (χ1) is 9.38. The van der Waals surface area contributed by atoms with Gasteiger partial charge in [0.1, 0.15) is 0 Å². The van der Waals surface area contributed by atoms with Crippen LogP contribution in [0.4, 0.5) is 0 Å². The first kappa shape index (κ1) is 15.3. The Morgan fingerprint density at radius 2 is 1.53 bits per heavy atom. The van der Waals surface area contributed by atoms with E-state index in [2.05, 4.69) is 12.3 Å². The maximum Gasteiger partial charge on any atom is 0.0244 e. The lowest BCUT2D eigenvalue weighted by atomic mass is 9.98. The zero-order valence-corrected chi connectivity index (χ0v) is 12.9. The van der Waals surface area contributed by atoms with Gasteiger partial charge in [0, 0.05) is 6.04 Å². The van der Waals surface area contributed by atoms with Crippen LogP contribution < -0.4 is 11.3 Å². The first-order valence-corrected chi connectivity index (χ1v) is 8.84. The normalized spacial score (nSPS) is 30.3. The van der Waals surface area contributed by atoms with Crippen molar-refractivity contribution in [2.75, 3.05) is 0 Å². The second kappa shape index (κ2) is 8.26. The molecule has 0 aromatic heterocycles. The number of fused-ring (bicyclic) bond motifs is 1. The van der Waals surface area contributed by atoms with E-state index in [0.29, 0.717) is 6.04 Å². The molecule has 0 saturated heterocycles. The van der Waals surface area contributed by atoms with Gasteiger partial charge >= 0.3 is 0 Å². The van der Waals surface area contributed by atoms with Crippen LogP contribution in [-0.4, -0.2) is 6.04 Å². The minimum Gasteiger partial charge on any atom is -0.271 e. The molecule has 2 fully saturated rings. The van der Waals surface area contributed by atoms with Gasteiger partial charge in [-0.3, -0.25) is 11.3 Å². The monoisotopic (exact) mass is 266 g/mol. The predicted molar refractivity (Wildman–Crippen MR) is 82.7 cm³/mol. The molecule has 0 heterocycles. The van der Waals surface area contributed by atoms with Crippen LogP contribution in [0.5, 0.6) is 0 Å². The minimum absolute atomic E-state index is 0.621. The van der Waals surface area contributed by atoms with Gasteiger partial charge in [-0.25, -0.2) is 0 Å². The third-order valence-electron chi connectivity index (χ3n) is 5.52. The molecule has 0 radical (unpaired) electrons. The molecule has 0 aliphatic heterocycles. The lowest BCUT2D eigenvalue weighted by Gasteiger charge is -2.17. The molecule has 0 aromatic carbocycles. The molecule has 0 bridgehead atoms. The van der Waals surface area contributed by atoms with E-state index >= 15 is 0 Å². The highest BCUT2D eigenvalue weighted by molar-refractivity contribution is 5.05. The highest BCUT2D eigenvalue weighted by atomic mass is 15.2. The molecule has 19 heavy (non-hydrogen) atoms. The van der Waals surface area contributed by atoms with E-state index in [1.807, 2.05) is 0 Å². The van der Waals surface area contributed by atoms with Gasteiger partial charge in [0.15, 0.2) is 0 Å². The molecule has 2 saturated carbocycles. The molecule has 0 aromatic rings. The minimum atomic E-state index is 0.621. The largest absolute Gasteiger partial charge is 0.271 e. The summed E-state index contributed by atoms with van der Waals surface area (Å²) in [5, 5.41) is 0. The summed E-state index contributed by atoms with van der Waals surface area (Å²) in [4.78, 5) is 0. The van der Waals surface area contributed by atoms with Gasteiger partial charge in [-0.15, -0.1) is 0 Å². The molecule has 2 heteroatoms. The van der Waals surface area contributed by atoms with Gasteiger partial charge < -0.3 is 0 Å².